The van der Waals surface area contributed by atoms with Crippen molar-refractivity contribution in [1.29, 1.82) is 0 Å². The van der Waals surface area contributed by atoms with Gasteiger partial charge in [-0.1, -0.05) is 19.9 Å². The fraction of sp³-hybridized carbons (Fsp3) is 0.385. The van der Waals surface area contributed by atoms with Crippen molar-refractivity contribution >= 4 is 5.57 Å². The highest BCUT2D eigenvalue weighted by Crippen LogP contribution is 2.26. The molecule has 0 fully saturated rings. The van der Waals surface area contributed by atoms with Gasteiger partial charge in [-0.05, 0) is 36.6 Å². The first-order valence-corrected chi connectivity index (χ1v) is 5.41. The fourth-order valence-corrected chi connectivity index (χ4v) is 1.62. The maximum absolute atomic E-state index is 13.6. The quantitative estimate of drug-likeness (QED) is 0.835. The standard InChI is InChI=1S/C13H17F2N/c1-9(2)11(4-3-7-16)12-6-5-10(14)8-13(12)15/h4-6,8-9H,3,7,16H2,1-2H3/b11-4+. The largest absolute Gasteiger partial charge is 0.330 e. The molecule has 0 saturated heterocycles. The number of allylic oxidation sites excluding steroid dienone is 1. The third-order valence-electron chi connectivity index (χ3n) is 2.40. The Morgan fingerprint density at radius 1 is 1.38 bits per heavy atom. The second kappa shape index (κ2) is 5.75. The van der Waals surface area contributed by atoms with Gasteiger partial charge in [0, 0.05) is 11.6 Å². The van der Waals surface area contributed by atoms with Crippen molar-refractivity contribution in [3.05, 3.63) is 41.5 Å². The zero-order valence-corrected chi connectivity index (χ0v) is 9.63. The lowest BCUT2D eigenvalue weighted by Gasteiger charge is -2.13. The van der Waals surface area contributed by atoms with Crippen LogP contribution in [0.5, 0.6) is 0 Å². The Bertz CT molecular complexity index is 384. The molecule has 0 aliphatic carbocycles. The van der Waals surface area contributed by atoms with Gasteiger partial charge in [-0.25, -0.2) is 8.78 Å². The molecule has 0 heterocycles. The van der Waals surface area contributed by atoms with Crippen LogP contribution in [-0.4, -0.2) is 6.54 Å². The van der Waals surface area contributed by atoms with Crippen molar-refractivity contribution in [2.45, 2.75) is 20.3 Å². The molecule has 16 heavy (non-hydrogen) atoms. The average molecular weight is 225 g/mol. The van der Waals surface area contributed by atoms with Crippen LogP contribution in [0.2, 0.25) is 0 Å². The lowest BCUT2D eigenvalue weighted by molar-refractivity contribution is 0.579. The van der Waals surface area contributed by atoms with E-state index in [2.05, 4.69) is 0 Å². The number of halogens is 2. The van der Waals surface area contributed by atoms with E-state index in [0.717, 1.165) is 11.6 Å². The minimum Gasteiger partial charge on any atom is -0.330 e. The van der Waals surface area contributed by atoms with Gasteiger partial charge in [0.05, 0.1) is 0 Å². The first kappa shape index (κ1) is 12.8. The van der Waals surface area contributed by atoms with Gasteiger partial charge in [-0.3, -0.25) is 0 Å². The molecule has 1 aromatic carbocycles. The van der Waals surface area contributed by atoms with Gasteiger partial charge in [-0.2, -0.15) is 0 Å². The van der Waals surface area contributed by atoms with Gasteiger partial charge in [0.1, 0.15) is 11.6 Å². The van der Waals surface area contributed by atoms with E-state index in [4.69, 9.17) is 5.73 Å². The summed E-state index contributed by atoms with van der Waals surface area (Å²) < 4.78 is 26.4. The second-order valence-corrected chi connectivity index (χ2v) is 4.02. The Morgan fingerprint density at radius 3 is 2.56 bits per heavy atom. The summed E-state index contributed by atoms with van der Waals surface area (Å²) in [5.74, 6) is -0.883. The lowest BCUT2D eigenvalue weighted by Crippen LogP contribution is -2.01. The predicted octanol–water partition coefficient (Wildman–Crippen LogP) is 3.35. The highest BCUT2D eigenvalue weighted by atomic mass is 19.1. The third-order valence-corrected chi connectivity index (χ3v) is 2.40. The van der Waals surface area contributed by atoms with E-state index >= 15 is 0 Å². The van der Waals surface area contributed by atoms with Crippen LogP contribution < -0.4 is 5.73 Å². The highest BCUT2D eigenvalue weighted by Gasteiger charge is 2.11. The van der Waals surface area contributed by atoms with Crippen molar-refractivity contribution in [2.75, 3.05) is 6.54 Å². The zero-order valence-electron chi connectivity index (χ0n) is 9.63. The Kier molecular flexibility index (Phi) is 4.62. The van der Waals surface area contributed by atoms with Crippen LogP contribution in [0, 0.1) is 17.6 Å². The molecular weight excluding hydrogens is 208 g/mol. The van der Waals surface area contributed by atoms with Crippen molar-refractivity contribution in [2.24, 2.45) is 11.7 Å². The second-order valence-electron chi connectivity index (χ2n) is 4.02. The SMILES string of the molecule is CC(C)/C(=C\CCN)c1ccc(F)cc1F. The van der Waals surface area contributed by atoms with Crippen LogP contribution in [-0.2, 0) is 0 Å². The summed E-state index contributed by atoms with van der Waals surface area (Å²) in [6.07, 6.45) is 2.62. The van der Waals surface area contributed by atoms with Gasteiger partial charge in [0.15, 0.2) is 0 Å². The Balaban J connectivity index is 3.11. The smallest absolute Gasteiger partial charge is 0.133 e. The molecule has 88 valence electrons. The topological polar surface area (TPSA) is 26.0 Å². The number of nitrogens with two attached hydrogens (primary N) is 1. The Hall–Kier alpha value is -1.22. The molecular formula is C13H17F2N. The molecule has 0 aromatic heterocycles. The molecule has 0 atom stereocenters. The molecule has 0 unspecified atom stereocenters. The molecule has 0 bridgehead atoms. The third kappa shape index (κ3) is 3.14. The minimum atomic E-state index is -0.553. The molecule has 0 saturated carbocycles. The normalized spacial score (nSPS) is 12.2. The maximum Gasteiger partial charge on any atom is 0.133 e. The van der Waals surface area contributed by atoms with E-state index in [-0.39, 0.29) is 5.92 Å². The molecule has 0 aliphatic rings. The number of benzene rings is 1. The summed E-state index contributed by atoms with van der Waals surface area (Å²) in [4.78, 5) is 0. The van der Waals surface area contributed by atoms with E-state index in [1.165, 1.54) is 12.1 Å². The first-order valence-electron chi connectivity index (χ1n) is 5.41. The van der Waals surface area contributed by atoms with Crippen LogP contribution in [0.15, 0.2) is 24.3 Å². The molecule has 1 aromatic rings. The van der Waals surface area contributed by atoms with E-state index in [1.807, 2.05) is 19.9 Å². The van der Waals surface area contributed by atoms with Gasteiger partial charge in [0.25, 0.3) is 0 Å². The summed E-state index contributed by atoms with van der Waals surface area (Å²) >= 11 is 0. The highest BCUT2D eigenvalue weighted by molar-refractivity contribution is 5.67. The summed E-state index contributed by atoms with van der Waals surface area (Å²) in [6, 6.07) is 3.66. The van der Waals surface area contributed by atoms with E-state index < -0.39 is 11.6 Å². The summed E-state index contributed by atoms with van der Waals surface area (Å²) in [7, 11) is 0. The van der Waals surface area contributed by atoms with Crippen molar-refractivity contribution in [1.82, 2.24) is 0 Å². The molecule has 3 heteroatoms. The van der Waals surface area contributed by atoms with Crippen LogP contribution in [0.3, 0.4) is 0 Å². The average Bonchev–Trinajstić information content (AvgIpc) is 2.20. The van der Waals surface area contributed by atoms with Gasteiger partial charge in [-0.15, -0.1) is 0 Å². The number of hydrogen-bond donors (Lipinski definition) is 1. The van der Waals surface area contributed by atoms with Crippen LogP contribution in [0.1, 0.15) is 25.8 Å². The van der Waals surface area contributed by atoms with E-state index in [9.17, 15) is 8.78 Å². The first-order chi connectivity index (χ1) is 7.56. The molecule has 2 N–H and O–H groups in total. The van der Waals surface area contributed by atoms with Crippen molar-refractivity contribution in [3.8, 4) is 0 Å². The van der Waals surface area contributed by atoms with Gasteiger partial charge < -0.3 is 5.73 Å². The van der Waals surface area contributed by atoms with E-state index in [0.29, 0.717) is 18.5 Å². The predicted molar refractivity (Wildman–Crippen MR) is 62.8 cm³/mol. The lowest BCUT2D eigenvalue weighted by atomic mass is 9.94. The maximum atomic E-state index is 13.6. The summed E-state index contributed by atoms with van der Waals surface area (Å²) in [5, 5.41) is 0. The molecule has 0 spiro atoms. The van der Waals surface area contributed by atoms with Crippen molar-refractivity contribution < 1.29 is 8.78 Å². The zero-order chi connectivity index (χ0) is 12.1. The summed E-state index contributed by atoms with van der Waals surface area (Å²) in [6.45, 7) is 4.48. The van der Waals surface area contributed by atoms with Crippen LogP contribution in [0.4, 0.5) is 8.78 Å². The van der Waals surface area contributed by atoms with Gasteiger partial charge in [0.2, 0.25) is 0 Å². The van der Waals surface area contributed by atoms with E-state index in [1.54, 1.807) is 0 Å². The molecule has 0 radical (unpaired) electrons. The number of rotatable bonds is 4. The summed E-state index contributed by atoms with van der Waals surface area (Å²) in [5.41, 5.74) is 6.76. The molecule has 0 aliphatic heterocycles. The molecule has 1 rings (SSSR count). The monoisotopic (exact) mass is 225 g/mol. The molecule has 1 nitrogen and oxygen atoms in total. The molecule has 0 amide bonds. The van der Waals surface area contributed by atoms with Gasteiger partial charge >= 0.3 is 0 Å². The Labute approximate surface area is 95.0 Å². The van der Waals surface area contributed by atoms with Crippen LogP contribution in [0.25, 0.3) is 5.57 Å². The van der Waals surface area contributed by atoms with Crippen molar-refractivity contribution in [3.63, 3.8) is 0 Å². The minimum absolute atomic E-state index is 0.187. The van der Waals surface area contributed by atoms with Crippen LogP contribution >= 0.6 is 0 Å². The fourth-order valence-electron chi connectivity index (χ4n) is 1.62. The number of hydrogen-bond acceptors (Lipinski definition) is 1. The Morgan fingerprint density at radius 2 is 2.06 bits per heavy atom.